The lowest BCUT2D eigenvalue weighted by atomic mass is 10.2. The Morgan fingerprint density at radius 1 is 1.07 bits per heavy atom. The Labute approximate surface area is 180 Å². The Kier molecular flexibility index (Phi) is 7.14. The lowest BCUT2D eigenvalue weighted by Crippen LogP contribution is -2.13. The van der Waals surface area contributed by atoms with Gasteiger partial charge in [-0.05, 0) is 42.8 Å². The summed E-state index contributed by atoms with van der Waals surface area (Å²) in [6.07, 6.45) is 2.22. The van der Waals surface area contributed by atoms with E-state index in [-0.39, 0.29) is 11.7 Å². The summed E-state index contributed by atoms with van der Waals surface area (Å²) in [6, 6.07) is 15.6. The number of methoxy groups -OCH3 is 1. The second kappa shape index (κ2) is 9.98. The molecular weight excluding hydrogens is 404 g/mol. The van der Waals surface area contributed by atoms with Crippen molar-refractivity contribution in [2.24, 2.45) is 0 Å². The molecule has 0 saturated heterocycles. The molecule has 3 aromatic rings. The Morgan fingerprint density at radius 2 is 1.90 bits per heavy atom. The molecule has 2 amide bonds. The molecule has 3 rings (SSSR count). The monoisotopic (exact) mass is 426 g/mol. The third kappa shape index (κ3) is 5.42. The van der Waals surface area contributed by atoms with Crippen LogP contribution in [-0.4, -0.2) is 18.9 Å². The van der Waals surface area contributed by atoms with Gasteiger partial charge in [0.25, 0.3) is 5.91 Å². The van der Waals surface area contributed by atoms with Crippen LogP contribution in [0.3, 0.4) is 0 Å². The van der Waals surface area contributed by atoms with Gasteiger partial charge in [0, 0.05) is 28.8 Å². The van der Waals surface area contributed by atoms with Crippen molar-refractivity contribution in [3.63, 3.8) is 0 Å². The van der Waals surface area contributed by atoms with Crippen molar-refractivity contribution < 1.29 is 18.7 Å². The van der Waals surface area contributed by atoms with Crippen molar-refractivity contribution in [1.29, 1.82) is 0 Å². The number of ether oxygens (including phenoxy) is 1. The van der Waals surface area contributed by atoms with E-state index in [0.717, 1.165) is 18.4 Å². The average Bonchev–Trinajstić information content (AvgIpc) is 3.24. The third-order valence-electron chi connectivity index (χ3n) is 4.43. The van der Waals surface area contributed by atoms with E-state index in [9.17, 15) is 9.59 Å². The molecular formula is C23H23ClN2O4. The van der Waals surface area contributed by atoms with Crippen LogP contribution in [0, 0.1) is 0 Å². The maximum absolute atomic E-state index is 12.6. The summed E-state index contributed by atoms with van der Waals surface area (Å²) < 4.78 is 11.0. The van der Waals surface area contributed by atoms with Crippen LogP contribution >= 0.6 is 11.6 Å². The minimum atomic E-state index is -0.398. The average molecular weight is 427 g/mol. The Balaban J connectivity index is 1.70. The molecule has 0 radical (unpaired) electrons. The molecule has 0 atom stereocenters. The fourth-order valence-electron chi connectivity index (χ4n) is 2.87. The van der Waals surface area contributed by atoms with Gasteiger partial charge < -0.3 is 19.8 Å². The SMILES string of the molecule is CCCCC(=O)Nc1ccc(NC(=O)c2ccc(-c3cccc(Cl)c3)o2)cc1OC. The van der Waals surface area contributed by atoms with Crippen LogP contribution in [0.2, 0.25) is 5.02 Å². The Bertz CT molecular complexity index is 1050. The lowest BCUT2D eigenvalue weighted by molar-refractivity contribution is -0.116. The largest absolute Gasteiger partial charge is 0.494 e. The van der Waals surface area contributed by atoms with E-state index in [1.165, 1.54) is 7.11 Å². The Morgan fingerprint density at radius 3 is 2.63 bits per heavy atom. The second-order valence-corrected chi connectivity index (χ2v) is 7.13. The Hall–Kier alpha value is -3.25. The normalized spacial score (nSPS) is 10.5. The molecule has 30 heavy (non-hydrogen) atoms. The molecule has 1 aromatic heterocycles. The number of unbranched alkanes of at least 4 members (excludes halogenated alkanes) is 1. The molecule has 0 saturated carbocycles. The molecule has 2 aromatic carbocycles. The number of amides is 2. The van der Waals surface area contributed by atoms with E-state index >= 15 is 0 Å². The van der Waals surface area contributed by atoms with E-state index in [2.05, 4.69) is 10.6 Å². The number of carbonyl (C=O) groups is 2. The maximum atomic E-state index is 12.6. The van der Waals surface area contributed by atoms with Gasteiger partial charge in [-0.25, -0.2) is 0 Å². The van der Waals surface area contributed by atoms with Crippen molar-refractivity contribution in [3.8, 4) is 17.1 Å². The first-order valence-corrected chi connectivity index (χ1v) is 10.0. The van der Waals surface area contributed by atoms with Crippen LogP contribution in [0.5, 0.6) is 5.75 Å². The minimum absolute atomic E-state index is 0.0731. The number of anilines is 2. The highest BCUT2D eigenvalue weighted by atomic mass is 35.5. The number of furan rings is 1. The predicted octanol–water partition coefficient (Wildman–Crippen LogP) is 5.99. The fourth-order valence-corrected chi connectivity index (χ4v) is 3.06. The van der Waals surface area contributed by atoms with Gasteiger partial charge in [-0.1, -0.05) is 37.1 Å². The first-order chi connectivity index (χ1) is 14.5. The molecule has 7 heteroatoms. The third-order valence-corrected chi connectivity index (χ3v) is 4.66. The second-order valence-electron chi connectivity index (χ2n) is 6.70. The summed E-state index contributed by atoms with van der Waals surface area (Å²) in [4.78, 5) is 24.5. The van der Waals surface area contributed by atoms with Gasteiger partial charge in [-0.2, -0.15) is 0 Å². The minimum Gasteiger partial charge on any atom is -0.494 e. The number of benzene rings is 2. The quantitative estimate of drug-likeness (QED) is 0.463. The van der Waals surface area contributed by atoms with E-state index in [4.69, 9.17) is 20.8 Å². The smallest absolute Gasteiger partial charge is 0.291 e. The van der Waals surface area contributed by atoms with Crippen molar-refractivity contribution in [1.82, 2.24) is 0 Å². The fraction of sp³-hybridized carbons (Fsp3) is 0.217. The van der Waals surface area contributed by atoms with Crippen molar-refractivity contribution >= 4 is 34.8 Å². The summed E-state index contributed by atoms with van der Waals surface area (Å²) in [7, 11) is 1.51. The highest BCUT2D eigenvalue weighted by Crippen LogP contribution is 2.29. The number of hydrogen-bond donors (Lipinski definition) is 2. The number of hydrogen-bond acceptors (Lipinski definition) is 4. The summed E-state index contributed by atoms with van der Waals surface area (Å²) in [5.41, 5.74) is 1.85. The first kappa shape index (κ1) is 21.5. The topological polar surface area (TPSA) is 80.6 Å². The summed E-state index contributed by atoms with van der Waals surface area (Å²) in [5, 5.41) is 6.19. The van der Waals surface area contributed by atoms with Crippen molar-refractivity contribution in [2.75, 3.05) is 17.7 Å². The zero-order chi connectivity index (χ0) is 21.5. The summed E-state index contributed by atoms with van der Waals surface area (Å²) in [6.45, 7) is 2.03. The van der Waals surface area contributed by atoms with Gasteiger partial charge in [-0.15, -0.1) is 0 Å². The predicted molar refractivity (Wildman–Crippen MR) is 118 cm³/mol. The zero-order valence-corrected chi connectivity index (χ0v) is 17.6. The molecule has 2 N–H and O–H groups in total. The zero-order valence-electron chi connectivity index (χ0n) is 16.8. The van der Waals surface area contributed by atoms with E-state index in [1.807, 2.05) is 19.1 Å². The summed E-state index contributed by atoms with van der Waals surface area (Å²) >= 11 is 6.01. The van der Waals surface area contributed by atoms with Crippen molar-refractivity contribution in [3.05, 3.63) is 65.4 Å². The van der Waals surface area contributed by atoms with E-state index < -0.39 is 5.91 Å². The molecule has 156 valence electrons. The number of nitrogens with one attached hydrogen (secondary N) is 2. The summed E-state index contributed by atoms with van der Waals surface area (Å²) in [5.74, 6) is 0.698. The van der Waals surface area contributed by atoms with Crippen molar-refractivity contribution in [2.45, 2.75) is 26.2 Å². The number of rotatable bonds is 8. The van der Waals surface area contributed by atoms with Crippen LogP contribution in [0.25, 0.3) is 11.3 Å². The molecule has 0 aliphatic heterocycles. The molecule has 0 aliphatic carbocycles. The molecule has 0 spiro atoms. The maximum Gasteiger partial charge on any atom is 0.291 e. The van der Waals surface area contributed by atoms with Gasteiger partial charge in [-0.3, -0.25) is 9.59 Å². The van der Waals surface area contributed by atoms with Gasteiger partial charge in [0.15, 0.2) is 5.76 Å². The van der Waals surface area contributed by atoms with Gasteiger partial charge in [0.05, 0.1) is 12.8 Å². The number of carbonyl (C=O) groups excluding carboxylic acids is 2. The molecule has 6 nitrogen and oxygen atoms in total. The van der Waals surface area contributed by atoms with Crippen LogP contribution in [-0.2, 0) is 4.79 Å². The van der Waals surface area contributed by atoms with Crippen LogP contribution in [0.4, 0.5) is 11.4 Å². The highest BCUT2D eigenvalue weighted by molar-refractivity contribution is 6.30. The first-order valence-electron chi connectivity index (χ1n) is 9.65. The van der Waals surface area contributed by atoms with Crippen LogP contribution in [0.15, 0.2) is 59.0 Å². The lowest BCUT2D eigenvalue weighted by Gasteiger charge is -2.12. The molecule has 1 heterocycles. The van der Waals surface area contributed by atoms with Gasteiger partial charge in [0.1, 0.15) is 11.5 Å². The standard InChI is InChI=1S/C23H23ClN2O4/c1-3-4-8-22(27)26-18-10-9-17(14-21(18)29-2)25-23(28)20-12-11-19(30-20)15-6-5-7-16(24)13-15/h5-7,9-14H,3-4,8H2,1-2H3,(H,25,28)(H,26,27). The molecule has 0 bridgehead atoms. The highest BCUT2D eigenvalue weighted by Gasteiger charge is 2.14. The molecule has 0 aliphatic rings. The van der Waals surface area contributed by atoms with E-state index in [1.54, 1.807) is 42.5 Å². The number of halogens is 1. The van der Waals surface area contributed by atoms with Gasteiger partial charge >= 0.3 is 0 Å². The molecule has 0 unspecified atom stereocenters. The molecule has 0 fully saturated rings. The van der Waals surface area contributed by atoms with E-state index in [0.29, 0.717) is 34.3 Å². The van der Waals surface area contributed by atoms with Crippen LogP contribution in [0.1, 0.15) is 36.7 Å². The van der Waals surface area contributed by atoms with Crippen LogP contribution < -0.4 is 15.4 Å². The van der Waals surface area contributed by atoms with Gasteiger partial charge in [0.2, 0.25) is 5.91 Å².